The average Bonchev–Trinajstić information content (AvgIpc) is 2.59. The maximum absolute atomic E-state index is 14.4. The molecule has 0 saturated heterocycles. The fraction of sp³-hybridized carbons (Fsp3) is 0.333. The van der Waals surface area contributed by atoms with Gasteiger partial charge in [0.05, 0.1) is 11.5 Å². The van der Waals surface area contributed by atoms with E-state index < -0.39 is 56.5 Å². The predicted octanol–water partition coefficient (Wildman–Crippen LogP) is 2.06. The maximum Gasteiger partial charge on any atom is 0.343 e. The van der Waals surface area contributed by atoms with Gasteiger partial charge in [0.15, 0.2) is 5.82 Å². The Hall–Kier alpha value is -2.95. The van der Waals surface area contributed by atoms with Crippen molar-refractivity contribution < 1.29 is 32.4 Å². The average molecular weight is 375 g/mol. The van der Waals surface area contributed by atoms with Crippen LogP contribution in [0.2, 0.25) is 0 Å². The number of nitro groups is 1. The van der Waals surface area contributed by atoms with Crippen LogP contribution in [0.3, 0.4) is 0 Å². The van der Waals surface area contributed by atoms with Gasteiger partial charge in [0, 0.05) is 18.3 Å². The Morgan fingerprint density at radius 2 is 1.81 bits per heavy atom. The first-order valence-electron chi connectivity index (χ1n) is 7.40. The molecule has 0 bridgehead atoms. The monoisotopic (exact) mass is 375 g/mol. The van der Waals surface area contributed by atoms with Crippen molar-refractivity contribution in [1.29, 1.82) is 0 Å². The molecule has 2 N–H and O–H groups in total. The van der Waals surface area contributed by atoms with Crippen molar-refractivity contribution in [3.63, 3.8) is 0 Å². The summed E-state index contributed by atoms with van der Waals surface area (Å²) in [5.74, 6) is -8.18. The minimum atomic E-state index is -2.00. The van der Waals surface area contributed by atoms with Crippen LogP contribution in [0.15, 0.2) is 11.8 Å². The molecule has 0 fully saturated rings. The predicted molar refractivity (Wildman–Crippen MR) is 83.6 cm³/mol. The summed E-state index contributed by atoms with van der Waals surface area (Å²) < 4.78 is 46.6. The van der Waals surface area contributed by atoms with Crippen LogP contribution in [-0.4, -0.2) is 29.8 Å². The maximum atomic E-state index is 14.4. The highest BCUT2D eigenvalue weighted by Gasteiger charge is 2.37. The summed E-state index contributed by atoms with van der Waals surface area (Å²) in [6.45, 7) is 4.13. The quantitative estimate of drug-likeness (QED) is 0.0823. The van der Waals surface area contributed by atoms with E-state index in [0.29, 0.717) is 6.54 Å². The molecule has 142 valence electrons. The number of rotatable bonds is 8. The fourth-order valence-corrected chi connectivity index (χ4v) is 1.93. The summed E-state index contributed by atoms with van der Waals surface area (Å²) in [5, 5.41) is 11.1. The van der Waals surface area contributed by atoms with Gasteiger partial charge >= 0.3 is 11.7 Å². The molecule has 0 unspecified atom stereocenters. The number of nitrogens with one attached hydrogen (secondary N) is 2. The fourth-order valence-electron chi connectivity index (χ4n) is 1.93. The minimum absolute atomic E-state index is 0.147. The van der Waals surface area contributed by atoms with Crippen LogP contribution in [0.1, 0.15) is 29.8 Å². The summed E-state index contributed by atoms with van der Waals surface area (Å²) >= 11 is 0. The van der Waals surface area contributed by atoms with Crippen LogP contribution >= 0.6 is 0 Å². The van der Waals surface area contributed by atoms with Crippen LogP contribution in [0.25, 0.3) is 0 Å². The topological polar surface area (TPSA) is 111 Å². The molecule has 0 spiro atoms. The first-order chi connectivity index (χ1) is 12.2. The summed E-state index contributed by atoms with van der Waals surface area (Å²) in [5.41, 5.74) is 0.0225. The van der Waals surface area contributed by atoms with Gasteiger partial charge in [-0.25, -0.2) is 19.0 Å². The molecular weight excluding hydrogens is 359 g/mol. The number of benzene rings is 1. The van der Waals surface area contributed by atoms with Gasteiger partial charge in [-0.05, 0) is 13.8 Å². The molecule has 11 heteroatoms. The van der Waals surface area contributed by atoms with E-state index in [-0.39, 0.29) is 6.61 Å². The number of hydrogen-bond acceptors (Lipinski definition) is 7. The highest BCUT2D eigenvalue weighted by molar-refractivity contribution is 6.25. The van der Waals surface area contributed by atoms with Crippen molar-refractivity contribution >= 4 is 17.4 Å². The zero-order valence-corrected chi connectivity index (χ0v) is 14.1. The Kier molecular flexibility index (Phi) is 7.26. The number of nitrogens with zero attached hydrogens (tertiary/aromatic N) is 1. The lowest BCUT2D eigenvalue weighted by Gasteiger charge is -2.11. The van der Waals surface area contributed by atoms with E-state index in [1.54, 1.807) is 6.92 Å². The molecule has 8 nitrogen and oxygen atoms in total. The molecule has 0 heterocycles. The van der Waals surface area contributed by atoms with E-state index in [2.05, 4.69) is 15.6 Å². The molecule has 0 aliphatic carbocycles. The normalized spacial score (nSPS) is 11.2. The van der Waals surface area contributed by atoms with Gasteiger partial charge in [0.25, 0.3) is 0 Å². The van der Waals surface area contributed by atoms with Crippen molar-refractivity contribution in [1.82, 2.24) is 10.9 Å². The number of carbonyl (C=O) groups is 2. The van der Waals surface area contributed by atoms with Crippen molar-refractivity contribution in [2.45, 2.75) is 20.8 Å². The number of hydrogen-bond donors (Lipinski definition) is 2. The zero-order valence-electron chi connectivity index (χ0n) is 14.1. The van der Waals surface area contributed by atoms with Crippen molar-refractivity contribution in [3.8, 4) is 0 Å². The van der Waals surface area contributed by atoms with E-state index in [4.69, 9.17) is 0 Å². The zero-order chi connectivity index (χ0) is 20.0. The Morgan fingerprint density at radius 3 is 2.31 bits per heavy atom. The molecule has 0 aliphatic heterocycles. The first kappa shape index (κ1) is 21.1. The number of ether oxygens (including phenoxy) is 1. The molecule has 0 saturated carbocycles. The molecule has 0 aliphatic rings. The molecule has 0 radical (unpaired) electrons. The number of hydrazine groups is 1. The lowest BCUT2D eigenvalue weighted by Crippen LogP contribution is -2.29. The summed E-state index contributed by atoms with van der Waals surface area (Å²) in [6.07, 6.45) is 0.795. The van der Waals surface area contributed by atoms with Crippen molar-refractivity contribution in [2.75, 3.05) is 13.2 Å². The molecular formula is C15H16F3N3O5. The standard InChI is InChI=1S/C15H16F3N3O5/c1-4-19-20-6-8(15(23)26-5-2)14(22)9-10(16)7(3)11(17)12(18)13(9)21(24)25/h6,19-20H,4-5H2,1-3H3/b8-6+. The van der Waals surface area contributed by atoms with Crippen molar-refractivity contribution in [3.05, 3.63) is 50.5 Å². The van der Waals surface area contributed by atoms with Crippen LogP contribution < -0.4 is 10.9 Å². The third-order valence-electron chi connectivity index (χ3n) is 3.16. The Morgan fingerprint density at radius 1 is 1.19 bits per heavy atom. The number of esters is 1. The van der Waals surface area contributed by atoms with Gasteiger partial charge in [-0.3, -0.25) is 14.9 Å². The highest BCUT2D eigenvalue weighted by atomic mass is 19.2. The Labute approximate surface area is 146 Å². The molecule has 1 aromatic carbocycles. The van der Waals surface area contributed by atoms with E-state index in [1.165, 1.54) is 6.92 Å². The Balaban J connectivity index is 3.64. The van der Waals surface area contributed by atoms with Gasteiger partial charge in [0.2, 0.25) is 11.6 Å². The molecule has 1 rings (SSSR count). The number of halogens is 3. The highest BCUT2D eigenvalue weighted by Crippen LogP contribution is 2.32. The lowest BCUT2D eigenvalue weighted by molar-refractivity contribution is -0.388. The van der Waals surface area contributed by atoms with Gasteiger partial charge in [0.1, 0.15) is 17.0 Å². The van der Waals surface area contributed by atoms with Crippen LogP contribution in [0.5, 0.6) is 0 Å². The second-order valence-electron chi connectivity index (χ2n) is 4.83. The molecule has 26 heavy (non-hydrogen) atoms. The van der Waals surface area contributed by atoms with Gasteiger partial charge in [-0.1, -0.05) is 6.92 Å². The summed E-state index contributed by atoms with van der Waals surface area (Å²) in [7, 11) is 0. The third-order valence-corrected chi connectivity index (χ3v) is 3.16. The minimum Gasteiger partial charge on any atom is -0.462 e. The SMILES string of the molecule is CCNN/C=C(/C(=O)OCC)C(=O)c1c(F)c(C)c(F)c(F)c1[N+](=O)[O-]. The summed E-state index contributed by atoms with van der Waals surface area (Å²) in [6, 6.07) is 0. The molecule has 0 atom stereocenters. The van der Waals surface area contributed by atoms with Gasteiger partial charge in [-0.2, -0.15) is 4.39 Å². The van der Waals surface area contributed by atoms with Gasteiger partial charge in [-0.15, -0.1) is 0 Å². The number of Topliss-reactive ketones (excluding diaryl/α,β-unsaturated/α-hetero) is 1. The third kappa shape index (κ3) is 4.17. The van der Waals surface area contributed by atoms with E-state index in [9.17, 15) is 32.9 Å². The number of nitro benzene ring substituents is 1. The lowest BCUT2D eigenvalue weighted by atomic mass is 9.98. The van der Waals surface area contributed by atoms with Gasteiger partial charge < -0.3 is 10.2 Å². The van der Waals surface area contributed by atoms with Crippen LogP contribution in [-0.2, 0) is 9.53 Å². The Bertz CT molecular complexity index is 781. The van der Waals surface area contributed by atoms with E-state index in [1.807, 2.05) is 0 Å². The second-order valence-corrected chi connectivity index (χ2v) is 4.83. The molecule has 1 aromatic rings. The molecule has 0 aromatic heterocycles. The van der Waals surface area contributed by atoms with E-state index in [0.717, 1.165) is 13.1 Å². The van der Waals surface area contributed by atoms with Crippen LogP contribution in [0.4, 0.5) is 18.9 Å². The van der Waals surface area contributed by atoms with E-state index >= 15 is 0 Å². The summed E-state index contributed by atoms with van der Waals surface area (Å²) in [4.78, 5) is 34.1. The molecule has 0 amide bonds. The smallest absolute Gasteiger partial charge is 0.343 e. The van der Waals surface area contributed by atoms with Crippen LogP contribution in [0, 0.1) is 34.5 Å². The number of carbonyl (C=O) groups excluding carboxylic acids is 2. The number of ketones is 1. The second kappa shape index (κ2) is 8.94. The largest absolute Gasteiger partial charge is 0.462 e. The van der Waals surface area contributed by atoms with Crippen molar-refractivity contribution in [2.24, 2.45) is 0 Å². The first-order valence-corrected chi connectivity index (χ1v) is 7.40.